The Kier molecular flexibility index (Phi) is 8.90. The lowest BCUT2D eigenvalue weighted by molar-refractivity contribution is -0.121. The van der Waals surface area contributed by atoms with Crippen molar-refractivity contribution in [3.05, 3.63) is 24.3 Å². The normalized spacial score (nSPS) is 10.5. The zero-order chi connectivity index (χ0) is 17.9. The smallest absolute Gasteiger partial charge is 0.223 e. The monoisotopic (exact) mass is 334 g/mol. The van der Waals surface area contributed by atoms with Crippen molar-refractivity contribution in [1.82, 2.24) is 5.32 Å². The summed E-state index contributed by atoms with van der Waals surface area (Å²) in [5.74, 6) is 0.527. The second-order valence-electron chi connectivity index (χ2n) is 6.11. The number of amides is 2. The molecule has 0 aromatic heterocycles. The molecule has 0 spiro atoms. The van der Waals surface area contributed by atoms with Crippen LogP contribution in [0.5, 0.6) is 5.75 Å². The van der Waals surface area contributed by atoms with Gasteiger partial charge in [-0.25, -0.2) is 0 Å². The molecule has 0 aliphatic rings. The zero-order valence-electron chi connectivity index (χ0n) is 15.3. The molecule has 1 aromatic rings. The standard InChI is InChI=1S/C19H30N2O3/c1-5-6-9-13-20-19(23)12-14-21(16(4)22)17-10-7-8-11-18(17)24-15(2)3/h7-8,10-11,15H,5-6,9,12-14H2,1-4H3,(H,20,23). The Morgan fingerprint density at radius 2 is 1.92 bits per heavy atom. The summed E-state index contributed by atoms with van der Waals surface area (Å²) >= 11 is 0. The number of rotatable bonds is 10. The van der Waals surface area contributed by atoms with Gasteiger partial charge < -0.3 is 15.0 Å². The molecule has 5 heteroatoms. The highest BCUT2D eigenvalue weighted by Crippen LogP contribution is 2.29. The fourth-order valence-electron chi connectivity index (χ4n) is 2.39. The van der Waals surface area contributed by atoms with Gasteiger partial charge in [0.25, 0.3) is 0 Å². The van der Waals surface area contributed by atoms with Crippen LogP contribution in [0.4, 0.5) is 5.69 Å². The van der Waals surface area contributed by atoms with Crippen molar-refractivity contribution >= 4 is 17.5 Å². The van der Waals surface area contributed by atoms with Gasteiger partial charge in [-0.15, -0.1) is 0 Å². The van der Waals surface area contributed by atoms with Crippen molar-refractivity contribution < 1.29 is 14.3 Å². The lowest BCUT2D eigenvalue weighted by Crippen LogP contribution is -2.34. The van der Waals surface area contributed by atoms with E-state index in [-0.39, 0.29) is 24.3 Å². The fourth-order valence-corrected chi connectivity index (χ4v) is 2.39. The van der Waals surface area contributed by atoms with Crippen LogP contribution >= 0.6 is 0 Å². The van der Waals surface area contributed by atoms with E-state index in [2.05, 4.69) is 12.2 Å². The van der Waals surface area contributed by atoms with Crippen LogP contribution in [0.25, 0.3) is 0 Å². The highest BCUT2D eigenvalue weighted by Gasteiger charge is 2.17. The summed E-state index contributed by atoms with van der Waals surface area (Å²) in [6.07, 6.45) is 3.52. The fraction of sp³-hybridized carbons (Fsp3) is 0.579. The van der Waals surface area contributed by atoms with Crippen molar-refractivity contribution in [2.75, 3.05) is 18.0 Å². The van der Waals surface area contributed by atoms with Gasteiger partial charge in [0, 0.05) is 26.4 Å². The predicted molar refractivity (Wildman–Crippen MR) is 97.4 cm³/mol. The molecule has 1 aromatic carbocycles. The van der Waals surface area contributed by atoms with Gasteiger partial charge in [0.15, 0.2) is 0 Å². The first-order chi connectivity index (χ1) is 11.5. The number of anilines is 1. The third-order valence-electron chi connectivity index (χ3n) is 3.56. The molecule has 0 atom stereocenters. The quantitative estimate of drug-likeness (QED) is 0.666. The minimum atomic E-state index is -0.103. The molecule has 0 unspecified atom stereocenters. The molecule has 0 bridgehead atoms. The number of carbonyl (C=O) groups excluding carboxylic acids is 2. The van der Waals surface area contributed by atoms with Gasteiger partial charge in [-0.2, -0.15) is 0 Å². The first-order valence-corrected chi connectivity index (χ1v) is 8.76. The van der Waals surface area contributed by atoms with Crippen LogP contribution in [0.2, 0.25) is 0 Å². The summed E-state index contributed by atoms with van der Waals surface area (Å²) < 4.78 is 5.78. The summed E-state index contributed by atoms with van der Waals surface area (Å²) in [4.78, 5) is 25.6. The van der Waals surface area contributed by atoms with Crippen LogP contribution in [-0.4, -0.2) is 31.0 Å². The summed E-state index contributed by atoms with van der Waals surface area (Å²) in [6, 6.07) is 7.43. The van der Waals surface area contributed by atoms with Crippen LogP contribution in [-0.2, 0) is 9.59 Å². The Hall–Kier alpha value is -2.04. The number of para-hydroxylation sites is 2. The van der Waals surface area contributed by atoms with Crippen LogP contribution < -0.4 is 15.0 Å². The van der Waals surface area contributed by atoms with E-state index in [1.54, 1.807) is 4.90 Å². The van der Waals surface area contributed by atoms with Crippen molar-refractivity contribution in [1.29, 1.82) is 0 Å². The van der Waals surface area contributed by atoms with Gasteiger partial charge in [0.05, 0.1) is 11.8 Å². The second kappa shape index (κ2) is 10.7. The van der Waals surface area contributed by atoms with Crippen molar-refractivity contribution in [3.8, 4) is 5.75 Å². The van der Waals surface area contributed by atoms with Gasteiger partial charge in [0.2, 0.25) is 11.8 Å². The Morgan fingerprint density at radius 1 is 1.21 bits per heavy atom. The number of unbranched alkanes of at least 4 members (excludes halogenated alkanes) is 2. The molecular weight excluding hydrogens is 304 g/mol. The van der Waals surface area contributed by atoms with Crippen molar-refractivity contribution in [2.45, 2.75) is 59.5 Å². The van der Waals surface area contributed by atoms with Gasteiger partial charge in [0.1, 0.15) is 5.75 Å². The maximum Gasteiger partial charge on any atom is 0.223 e. The van der Waals surface area contributed by atoms with Gasteiger partial charge in [-0.3, -0.25) is 9.59 Å². The number of hydrogen-bond acceptors (Lipinski definition) is 3. The van der Waals surface area contributed by atoms with Crippen LogP contribution in [0.3, 0.4) is 0 Å². The van der Waals surface area contributed by atoms with Crippen molar-refractivity contribution in [2.24, 2.45) is 0 Å². The lowest BCUT2D eigenvalue weighted by atomic mass is 10.2. The van der Waals surface area contributed by atoms with E-state index < -0.39 is 0 Å². The largest absolute Gasteiger partial charge is 0.489 e. The van der Waals surface area contributed by atoms with E-state index in [1.807, 2.05) is 38.1 Å². The number of nitrogens with zero attached hydrogens (tertiary/aromatic N) is 1. The molecule has 1 N–H and O–H groups in total. The third kappa shape index (κ3) is 7.02. The molecule has 134 valence electrons. The van der Waals surface area contributed by atoms with E-state index in [4.69, 9.17) is 4.74 Å². The molecular formula is C19H30N2O3. The Bertz CT molecular complexity index is 529. The minimum Gasteiger partial charge on any atom is -0.489 e. The van der Waals surface area contributed by atoms with E-state index >= 15 is 0 Å². The van der Waals surface area contributed by atoms with E-state index in [0.29, 0.717) is 24.5 Å². The molecule has 2 amide bonds. The molecule has 0 fully saturated rings. The first kappa shape index (κ1) is 20.0. The number of hydrogen-bond donors (Lipinski definition) is 1. The summed E-state index contributed by atoms with van der Waals surface area (Å²) in [7, 11) is 0. The third-order valence-corrected chi connectivity index (χ3v) is 3.56. The maximum atomic E-state index is 12.0. The van der Waals surface area contributed by atoms with Gasteiger partial charge >= 0.3 is 0 Å². The van der Waals surface area contributed by atoms with E-state index in [1.165, 1.54) is 6.92 Å². The number of nitrogens with one attached hydrogen (secondary N) is 1. The molecule has 1 rings (SSSR count). The summed E-state index contributed by atoms with van der Waals surface area (Å²) in [5, 5.41) is 2.90. The lowest BCUT2D eigenvalue weighted by Gasteiger charge is -2.24. The highest BCUT2D eigenvalue weighted by molar-refractivity contribution is 5.93. The Labute approximate surface area is 145 Å². The Morgan fingerprint density at radius 3 is 2.54 bits per heavy atom. The average Bonchev–Trinajstić information content (AvgIpc) is 2.52. The van der Waals surface area contributed by atoms with E-state index in [0.717, 1.165) is 19.3 Å². The molecule has 0 saturated heterocycles. The number of ether oxygens (including phenoxy) is 1. The molecule has 24 heavy (non-hydrogen) atoms. The maximum absolute atomic E-state index is 12.0. The van der Waals surface area contributed by atoms with Crippen LogP contribution in [0.1, 0.15) is 53.4 Å². The summed E-state index contributed by atoms with van der Waals surface area (Å²) in [5.41, 5.74) is 0.706. The molecule has 0 radical (unpaired) electrons. The molecule has 0 aliphatic heterocycles. The zero-order valence-corrected chi connectivity index (χ0v) is 15.3. The second-order valence-corrected chi connectivity index (χ2v) is 6.11. The van der Waals surface area contributed by atoms with Crippen LogP contribution in [0.15, 0.2) is 24.3 Å². The van der Waals surface area contributed by atoms with Gasteiger partial charge in [-0.05, 0) is 32.4 Å². The SMILES string of the molecule is CCCCCNC(=O)CCN(C(C)=O)c1ccccc1OC(C)C. The predicted octanol–water partition coefficient (Wildman–Crippen LogP) is 3.52. The van der Waals surface area contributed by atoms with Crippen LogP contribution in [0, 0.1) is 0 Å². The first-order valence-electron chi connectivity index (χ1n) is 8.76. The Balaban J connectivity index is 2.68. The average molecular weight is 334 g/mol. The number of benzene rings is 1. The highest BCUT2D eigenvalue weighted by atomic mass is 16.5. The summed E-state index contributed by atoms with van der Waals surface area (Å²) in [6.45, 7) is 8.55. The van der Waals surface area contributed by atoms with Gasteiger partial charge in [-0.1, -0.05) is 31.9 Å². The molecule has 0 saturated carbocycles. The topological polar surface area (TPSA) is 58.6 Å². The van der Waals surface area contributed by atoms with Crippen molar-refractivity contribution in [3.63, 3.8) is 0 Å². The minimum absolute atomic E-state index is 0.0156. The van der Waals surface area contributed by atoms with E-state index in [9.17, 15) is 9.59 Å². The molecule has 0 aliphatic carbocycles. The molecule has 5 nitrogen and oxygen atoms in total. The molecule has 0 heterocycles. The number of carbonyl (C=O) groups is 2.